The molecule has 1 aromatic rings. The van der Waals surface area contributed by atoms with E-state index in [2.05, 4.69) is 29.6 Å². The van der Waals surface area contributed by atoms with Crippen molar-refractivity contribution in [2.45, 2.75) is 84.7 Å². The van der Waals surface area contributed by atoms with Crippen LogP contribution < -0.4 is 15.4 Å². The van der Waals surface area contributed by atoms with Gasteiger partial charge in [-0.05, 0) is 93.8 Å². The molecule has 0 spiro atoms. The predicted octanol–water partition coefficient (Wildman–Crippen LogP) is 4.30. The molecule has 0 aromatic carbocycles. The highest BCUT2D eigenvalue weighted by Crippen LogP contribution is 2.53. The van der Waals surface area contributed by atoms with Crippen molar-refractivity contribution in [3.8, 4) is 5.88 Å². The van der Waals surface area contributed by atoms with Crippen molar-refractivity contribution in [1.82, 2.24) is 25.3 Å². The van der Waals surface area contributed by atoms with E-state index >= 15 is 0 Å². The molecule has 2 N–H and O–H groups in total. The molecule has 5 fully saturated rings. The summed E-state index contributed by atoms with van der Waals surface area (Å²) in [5.74, 6) is 4.58. The minimum atomic E-state index is -0.0206. The molecule has 8 nitrogen and oxygen atoms in total. The van der Waals surface area contributed by atoms with E-state index in [-0.39, 0.29) is 11.9 Å². The molecule has 4 bridgehead atoms. The average Bonchev–Trinajstić information content (AvgIpc) is 3.26. The zero-order chi connectivity index (χ0) is 25.2. The predicted molar refractivity (Wildman–Crippen MR) is 139 cm³/mol. The molecule has 6 rings (SSSR count). The van der Waals surface area contributed by atoms with Gasteiger partial charge in [0.25, 0.3) is 5.91 Å². The van der Waals surface area contributed by atoms with E-state index in [0.717, 1.165) is 50.7 Å². The zero-order valence-electron chi connectivity index (χ0n) is 22.4. The number of aryl methyl sites for hydroxylation is 1. The molecule has 4 aliphatic carbocycles. The zero-order valence-corrected chi connectivity index (χ0v) is 22.4. The van der Waals surface area contributed by atoms with E-state index in [4.69, 9.17) is 4.74 Å². The van der Waals surface area contributed by atoms with Gasteiger partial charge in [-0.2, -0.15) is 5.10 Å². The van der Waals surface area contributed by atoms with Crippen LogP contribution in [0.2, 0.25) is 0 Å². The van der Waals surface area contributed by atoms with E-state index in [1.165, 1.54) is 32.1 Å². The quantitative estimate of drug-likeness (QED) is 0.530. The van der Waals surface area contributed by atoms with Crippen molar-refractivity contribution in [2.24, 2.45) is 35.5 Å². The van der Waals surface area contributed by atoms with Crippen molar-refractivity contribution in [1.29, 1.82) is 0 Å². The number of amides is 3. The van der Waals surface area contributed by atoms with E-state index in [1.807, 2.05) is 16.5 Å². The van der Waals surface area contributed by atoms with Gasteiger partial charge in [0.05, 0.1) is 12.8 Å². The first-order valence-corrected chi connectivity index (χ1v) is 14.4. The maximum atomic E-state index is 13.5. The summed E-state index contributed by atoms with van der Waals surface area (Å²) in [6, 6.07) is 0.351. The smallest absolute Gasteiger partial charge is 0.317 e. The number of carbonyl (C=O) groups is 2. The number of hydrogen-bond donors (Lipinski definition) is 2. The SMILES string of the molecule is CCNC(=O)N1CCC(CCn2ncc(C(=O)NC3C4CC5CC(C4)CC3C5)c2OCC(C)C)CC1. The lowest BCUT2D eigenvalue weighted by molar-refractivity contribution is -0.0120. The molecule has 0 atom stereocenters. The lowest BCUT2D eigenvalue weighted by Gasteiger charge is -2.54. The number of rotatable bonds is 9. The van der Waals surface area contributed by atoms with Crippen LogP contribution in [0.25, 0.3) is 0 Å². The molecule has 4 saturated carbocycles. The van der Waals surface area contributed by atoms with Crippen LogP contribution in [0, 0.1) is 35.5 Å². The molecule has 1 aliphatic heterocycles. The average molecular weight is 500 g/mol. The van der Waals surface area contributed by atoms with Gasteiger partial charge in [-0.3, -0.25) is 4.79 Å². The van der Waals surface area contributed by atoms with Gasteiger partial charge in [0.1, 0.15) is 5.56 Å². The number of urea groups is 1. The molecule has 0 unspecified atom stereocenters. The van der Waals surface area contributed by atoms with E-state index in [0.29, 0.717) is 54.3 Å². The summed E-state index contributed by atoms with van der Waals surface area (Å²) in [5, 5.41) is 10.9. The number of nitrogens with zero attached hydrogens (tertiary/aromatic N) is 3. The molecular formula is C28H45N5O3. The highest BCUT2D eigenvalue weighted by Gasteiger charge is 2.48. The van der Waals surface area contributed by atoms with Crippen molar-refractivity contribution >= 4 is 11.9 Å². The second kappa shape index (κ2) is 11.0. The molecule has 2 heterocycles. The van der Waals surface area contributed by atoms with Crippen LogP contribution in [0.15, 0.2) is 6.20 Å². The number of hydrogen-bond acceptors (Lipinski definition) is 4. The standard InChI is InChI=1S/C28H45N5O3/c1-4-29-28(35)32-8-5-19(6-9-32)7-10-33-27(36-17-18(2)3)24(16-30-33)26(34)31-25-22-12-20-11-21(14-22)15-23(25)13-20/h16,18-23,25H,4-15,17H2,1-3H3,(H,29,35)(H,31,34). The lowest BCUT2D eigenvalue weighted by Crippen LogP contribution is -2.55. The first kappa shape index (κ1) is 25.4. The van der Waals surface area contributed by atoms with Gasteiger partial charge < -0.3 is 20.3 Å². The third-order valence-corrected chi connectivity index (χ3v) is 9.09. The van der Waals surface area contributed by atoms with Crippen molar-refractivity contribution in [3.05, 3.63) is 11.8 Å². The van der Waals surface area contributed by atoms with Crippen LogP contribution in [-0.2, 0) is 6.54 Å². The fourth-order valence-corrected chi connectivity index (χ4v) is 7.47. The molecule has 5 aliphatic rings. The van der Waals surface area contributed by atoms with Crippen LogP contribution in [0.4, 0.5) is 4.79 Å². The summed E-state index contributed by atoms with van der Waals surface area (Å²) in [7, 11) is 0. The van der Waals surface area contributed by atoms with E-state index in [1.54, 1.807) is 6.20 Å². The Kier molecular flexibility index (Phi) is 7.77. The van der Waals surface area contributed by atoms with E-state index in [9.17, 15) is 9.59 Å². The summed E-state index contributed by atoms with van der Waals surface area (Å²) in [4.78, 5) is 27.5. The number of aromatic nitrogens is 2. The molecule has 8 heteroatoms. The Hall–Kier alpha value is -2.25. The Morgan fingerprint density at radius 2 is 1.75 bits per heavy atom. The summed E-state index contributed by atoms with van der Waals surface area (Å²) < 4.78 is 8.09. The lowest BCUT2D eigenvalue weighted by atomic mass is 9.54. The fraction of sp³-hybridized carbons (Fsp3) is 0.821. The summed E-state index contributed by atoms with van der Waals surface area (Å²) in [5.41, 5.74) is 0.579. The van der Waals surface area contributed by atoms with Crippen molar-refractivity contribution < 1.29 is 14.3 Å². The normalized spacial score (nSPS) is 29.6. The summed E-state index contributed by atoms with van der Waals surface area (Å²) >= 11 is 0. The minimum Gasteiger partial charge on any atom is -0.477 e. The van der Waals surface area contributed by atoms with Crippen molar-refractivity contribution in [2.75, 3.05) is 26.2 Å². The largest absolute Gasteiger partial charge is 0.477 e. The summed E-state index contributed by atoms with van der Waals surface area (Å²) in [6.07, 6.45) is 11.2. The highest BCUT2D eigenvalue weighted by molar-refractivity contribution is 5.96. The van der Waals surface area contributed by atoms with Gasteiger partial charge in [-0.25, -0.2) is 9.48 Å². The maximum Gasteiger partial charge on any atom is 0.317 e. The van der Waals surface area contributed by atoms with Crippen LogP contribution in [0.5, 0.6) is 5.88 Å². The third kappa shape index (κ3) is 5.52. The number of piperidine rings is 1. The molecule has 0 radical (unpaired) electrons. The number of carbonyl (C=O) groups excluding carboxylic acids is 2. The Labute approximate surface area is 215 Å². The van der Waals surface area contributed by atoms with Gasteiger partial charge in [0, 0.05) is 32.2 Å². The maximum absolute atomic E-state index is 13.5. The van der Waals surface area contributed by atoms with Gasteiger partial charge in [0.15, 0.2) is 0 Å². The topological polar surface area (TPSA) is 88.5 Å². The number of likely N-dealkylation sites (tertiary alicyclic amines) is 1. The van der Waals surface area contributed by atoms with Crippen LogP contribution in [0.1, 0.15) is 82.5 Å². The molecule has 3 amide bonds. The Bertz CT molecular complexity index is 892. The third-order valence-electron chi connectivity index (χ3n) is 9.09. The molecule has 1 aromatic heterocycles. The summed E-state index contributed by atoms with van der Waals surface area (Å²) in [6.45, 7) is 9.74. The first-order chi connectivity index (χ1) is 17.4. The second-order valence-electron chi connectivity index (χ2n) is 12.3. The molecule has 200 valence electrons. The van der Waals surface area contributed by atoms with Crippen LogP contribution >= 0.6 is 0 Å². The molecule has 1 saturated heterocycles. The van der Waals surface area contributed by atoms with E-state index < -0.39 is 0 Å². The van der Waals surface area contributed by atoms with Gasteiger partial charge in [0.2, 0.25) is 5.88 Å². The van der Waals surface area contributed by atoms with Crippen LogP contribution in [0.3, 0.4) is 0 Å². The monoisotopic (exact) mass is 499 g/mol. The fourth-order valence-electron chi connectivity index (χ4n) is 7.47. The van der Waals surface area contributed by atoms with Gasteiger partial charge in [-0.1, -0.05) is 13.8 Å². The highest BCUT2D eigenvalue weighted by atomic mass is 16.5. The first-order valence-electron chi connectivity index (χ1n) is 14.4. The molecule has 36 heavy (non-hydrogen) atoms. The Morgan fingerprint density at radius 1 is 1.08 bits per heavy atom. The number of nitrogens with one attached hydrogen (secondary N) is 2. The molecular weight excluding hydrogens is 454 g/mol. The Balaban J connectivity index is 1.20. The van der Waals surface area contributed by atoms with Crippen LogP contribution in [-0.4, -0.2) is 58.9 Å². The van der Waals surface area contributed by atoms with Gasteiger partial charge in [-0.15, -0.1) is 0 Å². The Morgan fingerprint density at radius 3 is 2.36 bits per heavy atom. The minimum absolute atomic E-state index is 0.0206. The van der Waals surface area contributed by atoms with Gasteiger partial charge >= 0.3 is 6.03 Å². The number of ether oxygens (including phenoxy) is 1. The van der Waals surface area contributed by atoms with Crippen molar-refractivity contribution in [3.63, 3.8) is 0 Å². The second-order valence-corrected chi connectivity index (χ2v) is 12.3.